The van der Waals surface area contributed by atoms with Gasteiger partial charge < -0.3 is 0 Å². The van der Waals surface area contributed by atoms with Gasteiger partial charge >= 0.3 is 0 Å². The molecule has 0 saturated carbocycles. The Labute approximate surface area is 109 Å². The van der Waals surface area contributed by atoms with Crippen LogP contribution in [-0.2, 0) is 0 Å². The lowest BCUT2D eigenvalue weighted by Crippen LogP contribution is -2.12. The largest absolute Gasteiger partial charge is 0.296 e. The minimum atomic E-state index is -0.303. The molecule has 2 rings (SSSR count). The van der Waals surface area contributed by atoms with E-state index in [0.29, 0.717) is 20.2 Å². The van der Waals surface area contributed by atoms with Crippen LogP contribution >= 0.6 is 38.9 Å². The number of halogens is 2. The number of benzene rings is 1. The van der Waals surface area contributed by atoms with Crippen LogP contribution in [0.5, 0.6) is 0 Å². The number of anilines is 1. The van der Waals surface area contributed by atoms with E-state index in [0.717, 1.165) is 0 Å². The molecule has 16 heavy (non-hydrogen) atoms. The van der Waals surface area contributed by atoms with Crippen molar-refractivity contribution in [3.8, 4) is 0 Å². The highest BCUT2D eigenvalue weighted by atomic mass is 79.9. The molecule has 0 bridgehead atoms. The van der Waals surface area contributed by atoms with Gasteiger partial charge in [-0.15, -0.1) is 10.2 Å². The summed E-state index contributed by atoms with van der Waals surface area (Å²) in [6.07, 6.45) is 0. The van der Waals surface area contributed by atoms with Gasteiger partial charge in [0, 0.05) is 4.47 Å². The fourth-order valence-corrected chi connectivity index (χ4v) is 2.09. The van der Waals surface area contributed by atoms with Crippen molar-refractivity contribution < 1.29 is 4.79 Å². The molecule has 1 aromatic carbocycles. The van der Waals surface area contributed by atoms with E-state index in [-0.39, 0.29) is 5.91 Å². The minimum Gasteiger partial charge on any atom is -0.296 e. The number of amides is 1. The number of carbonyl (C=O) groups is 1. The fourth-order valence-electron chi connectivity index (χ4n) is 1.07. The number of aromatic nitrogens is 2. The average molecular weight is 319 g/mol. The molecule has 0 fully saturated rings. The van der Waals surface area contributed by atoms with Crippen molar-refractivity contribution in [1.82, 2.24) is 10.2 Å². The lowest BCUT2D eigenvalue weighted by molar-refractivity contribution is 0.102. The monoisotopic (exact) mass is 317 g/mol. The molecule has 0 spiro atoms. The molecule has 2 aromatic rings. The van der Waals surface area contributed by atoms with Crippen LogP contribution < -0.4 is 5.32 Å². The van der Waals surface area contributed by atoms with Gasteiger partial charge in [0.15, 0.2) is 0 Å². The van der Waals surface area contributed by atoms with Crippen LogP contribution in [0.4, 0.5) is 5.13 Å². The number of hydrogen-bond acceptors (Lipinski definition) is 4. The summed E-state index contributed by atoms with van der Waals surface area (Å²) in [5.41, 5.74) is 1.93. The third kappa shape index (κ3) is 2.40. The van der Waals surface area contributed by atoms with Crippen molar-refractivity contribution in [3.63, 3.8) is 0 Å². The zero-order valence-corrected chi connectivity index (χ0v) is 10.9. The summed E-state index contributed by atoms with van der Waals surface area (Å²) in [4.78, 5) is 11.8. The van der Waals surface area contributed by atoms with Crippen molar-refractivity contribution in [1.29, 1.82) is 0 Å². The molecule has 0 aliphatic heterocycles. The second-order valence-corrected chi connectivity index (χ2v) is 4.86. The zero-order chi connectivity index (χ0) is 11.5. The first-order valence-electron chi connectivity index (χ1n) is 4.20. The SMILES string of the molecule is O=C(Nc1nncs1)c1cccc(Br)c1Cl. The van der Waals surface area contributed by atoms with Crippen LogP contribution in [0.2, 0.25) is 5.02 Å². The Hall–Kier alpha value is -0.980. The summed E-state index contributed by atoms with van der Waals surface area (Å²) in [5.74, 6) is -0.303. The van der Waals surface area contributed by atoms with Crippen LogP contribution in [0.1, 0.15) is 10.4 Å². The Balaban J connectivity index is 2.24. The van der Waals surface area contributed by atoms with Crippen molar-refractivity contribution in [2.45, 2.75) is 0 Å². The number of nitrogens with zero attached hydrogens (tertiary/aromatic N) is 2. The van der Waals surface area contributed by atoms with E-state index >= 15 is 0 Å². The van der Waals surface area contributed by atoms with Gasteiger partial charge in [0.1, 0.15) is 5.51 Å². The smallest absolute Gasteiger partial charge is 0.259 e. The minimum absolute atomic E-state index is 0.303. The van der Waals surface area contributed by atoms with E-state index in [9.17, 15) is 4.79 Å². The first-order chi connectivity index (χ1) is 7.68. The average Bonchev–Trinajstić information content (AvgIpc) is 2.74. The Morgan fingerprint density at radius 3 is 3.00 bits per heavy atom. The van der Waals surface area contributed by atoms with E-state index in [1.165, 1.54) is 16.8 Å². The summed E-state index contributed by atoms with van der Waals surface area (Å²) in [7, 11) is 0. The summed E-state index contributed by atoms with van der Waals surface area (Å²) in [6.45, 7) is 0. The van der Waals surface area contributed by atoms with E-state index in [4.69, 9.17) is 11.6 Å². The predicted molar refractivity (Wildman–Crippen MR) is 67.0 cm³/mol. The van der Waals surface area contributed by atoms with Crippen LogP contribution in [0, 0.1) is 0 Å². The van der Waals surface area contributed by atoms with E-state index in [2.05, 4.69) is 31.4 Å². The van der Waals surface area contributed by atoms with Gasteiger partial charge in [-0.2, -0.15) is 0 Å². The molecule has 0 radical (unpaired) electrons. The maximum Gasteiger partial charge on any atom is 0.259 e. The quantitative estimate of drug-likeness (QED) is 0.925. The van der Waals surface area contributed by atoms with Gasteiger partial charge in [0.25, 0.3) is 5.91 Å². The second-order valence-electron chi connectivity index (χ2n) is 2.80. The molecule has 0 saturated heterocycles. The molecule has 7 heteroatoms. The van der Waals surface area contributed by atoms with Gasteiger partial charge in [-0.05, 0) is 28.1 Å². The van der Waals surface area contributed by atoms with Crippen molar-refractivity contribution in [2.24, 2.45) is 0 Å². The standard InChI is InChI=1S/C9H5BrClN3OS/c10-6-3-1-2-5(7(6)11)8(15)13-9-14-12-4-16-9/h1-4H,(H,13,14,15). The summed E-state index contributed by atoms with van der Waals surface area (Å²) >= 11 is 10.5. The number of rotatable bonds is 2. The third-order valence-corrected chi connectivity index (χ3v) is 3.68. The Morgan fingerprint density at radius 2 is 2.31 bits per heavy atom. The number of carbonyl (C=O) groups excluding carboxylic acids is 1. The molecule has 0 aliphatic carbocycles. The van der Waals surface area contributed by atoms with E-state index in [1.54, 1.807) is 18.2 Å². The van der Waals surface area contributed by atoms with E-state index < -0.39 is 0 Å². The van der Waals surface area contributed by atoms with Gasteiger partial charge in [0.2, 0.25) is 5.13 Å². The molecule has 0 aliphatic rings. The lowest BCUT2D eigenvalue weighted by atomic mass is 10.2. The van der Waals surface area contributed by atoms with Gasteiger partial charge in [0.05, 0.1) is 10.6 Å². The molecular weight excluding hydrogens is 314 g/mol. The molecule has 4 nitrogen and oxygen atoms in total. The second kappa shape index (κ2) is 4.90. The first kappa shape index (κ1) is 11.5. The predicted octanol–water partition coefficient (Wildman–Crippen LogP) is 3.21. The van der Waals surface area contributed by atoms with Crippen molar-refractivity contribution in [3.05, 3.63) is 38.8 Å². The highest BCUT2D eigenvalue weighted by molar-refractivity contribution is 9.10. The van der Waals surface area contributed by atoms with Gasteiger partial charge in [-0.25, -0.2) is 0 Å². The number of hydrogen-bond donors (Lipinski definition) is 1. The molecule has 1 N–H and O–H groups in total. The molecule has 1 aromatic heterocycles. The molecule has 0 unspecified atom stereocenters. The maximum absolute atomic E-state index is 11.8. The maximum atomic E-state index is 11.8. The van der Waals surface area contributed by atoms with Gasteiger partial charge in [-0.1, -0.05) is 29.0 Å². The van der Waals surface area contributed by atoms with Crippen molar-refractivity contribution in [2.75, 3.05) is 5.32 Å². The normalized spacial score (nSPS) is 10.1. The van der Waals surface area contributed by atoms with Crippen LogP contribution in [0.3, 0.4) is 0 Å². The topological polar surface area (TPSA) is 54.9 Å². The van der Waals surface area contributed by atoms with E-state index in [1.807, 2.05) is 0 Å². The Kier molecular flexibility index (Phi) is 3.52. The highest BCUT2D eigenvalue weighted by Crippen LogP contribution is 2.26. The summed E-state index contributed by atoms with van der Waals surface area (Å²) in [5, 5.41) is 10.8. The first-order valence-corrected chi connectivity index (χ1v) is 6.25. The Morgan fingerprint density at radius 1 is 1.50 bits per heavy atom. The van der Waals surface area contributed by atoms with Crippen LogP contribution in [0.15, 0.2) is 28.2 Å². The summed E-state index contributed by atoms with van der Waals surface area (Å²) in [6, 6.07) is 5.15. The van der Waals surface area contributed by atoms with Crippen LogP contribution in [0.25, 0.3) is 0 Å². The van der Waals surface area contributed by atoms with Crippen LogP contribution in [-0.4, -0.2) is 16.1 Å². The van der Waals surface area contributed by atoms with Crippen molar-refractivity contribution >= 4 is 49.9 Å². The highest BCUT2D eigenvalue weighted by Gasteiger charge is 2.13. The molecular formula is C9H5BrClN3OS. The van der Waals surface area contributed by atoms with Gasteiger partial charge in [-0.3, -0.25) is 10.1 Å². The lowest BCUT2D eigenvalue weighted by Gasteiger charge is -2.04. The molecule has 1 amide bonds. The third-order valence-electron chi connectivity index (χ3n) is 1.78. The molecule has 1 heterocycles. The summed E-state index contributed by atoms with van der Waals surface area (Å²) < 4.78 is 0.680. The molecule has 0 atom stereocenters. The Bertz CT molecular complexity index is 517. The number of nitrogens with one attached hydrogen (secondary N) is 1. The fraction of sp³-hybridized carbons (Fsp3) is 0. The molecule has 82 valence electrons. The zero-order valence-electron chi connectivity index (χ0n) is 7.78.